The van der Waals surface area contributed by atoms with Crippen molar-refractivity contribution in [1.82, 2.24) is 4.57 Å². The zero-order chi connectivity index (χ0) is 20.1. The van der Waals surface area contributed by atoms with Crippen LogP contribution >= 0.6 is 0 Å². The standard InChI is InChI=1S/C20H23NO6/c1-6-26-19(23)16-12(3)21(14-8-10-15(25-5)11-9-14)13(4)17(18(16)22)20(24)27-7-2/h8-11H,6-7H2,1-5H3. The van der Waals surface area contributed by atoms with Crippen LogP contribution in [-0.4, -0.2) is 36.8 Å². The maximum atomic E-state index is 12.9. The first kappa shape index (κ1) is 20.2. The first-order chi connectivity index (χ1) is 12.9. The van der Waals surface area contributed by atoms with E-state index in [1.807, 2.05) is 0 Å². The van der Waals surface area contributed by atoms with Gasteiger partial charge in [0, 0.05) is 17.1 Å². The van der Waals surface area contributed by atoms with E-state index in [-0.39, 0.29) is 24.3 Å². The highest BCUT2D eigenvalue weighted by Crippen LogP contribution is 2.22. The Morgan fingerprint density at radius 3 is 1.70 bits per heavy atom. The van der Waals surface area contributed by atoms with Crippen molar-refractivity contribution in [2.45, 2.75) is 27.7 Å². The molecule has 0 amide bonds. The molecule has 0 bridgehead atoms. The highest BCUT2D eigenvalue weighted by molar-refractivity contribution is 5.96. The minimum atomic E-state index is -0.771. The second-order valence-corrected chi connectivity index (χ2v) is 5.72. The quantitative estimate of drug-likeness (QED) is 0.724. The van der Waals surface area contributed by atoms with Crippen molar-refractivity contribution >= 4 is 11.9 Å². The van der Waals surface area contributed by atoms with E-state index in [0.29, 0.717) is 22.8 Å². The van der Waals surface area contributed by atoms with Gasteiger partial charge in [0.2, 0.25) is 5.43 Å². The van der Waals surface area contributed by atoms with Crippen molar-refractivity contribution in [1.29, 1.82) is 0 Å². The number of carbonyl (C=O) groups is 2. The van der Waals surface area contributed by atoms with Crippen LogP contribution in [0.2, 0.25) is 0 Å². The van der Waals surface area contributed by atoms with Gasteiger partial charge in [0.25, 0.3) is 0 Å². The Balaban J connectivity index is 2.83. The predicted molar refractivity (Wildman–Crippen MR) is 100.0 cm³/mol. The zero-order valence-corrected chi connectivity index (χ0v) is 16.1. The Bertz CT molecular complexity index is 863. The van der Waals surface area contributed by atoms with Crippen LogP contribution in [-0.2, 0) is 9.47 Å². The SMILES string of the molecule is CCOC(=O)c1c(C)n(-c2ccc(OC)cc2)c(C)c(C(=O)OCC)c1=O. The van der Waals surface area contributed by atoms with E-state index in [4.69, 9.17) is 14.2 Å². The van der Waals surface area contributed by atoms with Gasteiger partial charge in [-0.05, 0) is 52.0 Å². The van der Waals surface area contributed by atoms with E-state index in [2.05, 4.69) is 0 Å². The molecule has 7 heteroatoms. The van der Waals surface area contributed by atoms with E-state index in [0.717, 1.165) is 0 Å². The number of methoxy groups -OCH3 is 1. The van der Waals surface area contributed by atoms with Crippen LogP contribution in [0.5, 0.6) is 5.75 Å². The summed E-state index contributed by atoms with van der Waals surface area (Å²) in [4.78, 5) is 37.7. The van der Waals surface area contributed by atoms with Crippen molar-refractivity contribution in [3.63, 3.8) is 0 Å². The van der Waals surface area contributed by atoms with Crippen LogP contribution in [0.1, 0.15) is 46.0 Å². The van der Waals surface area contributed by atoms with Crippen LogP contribution in [0.3, 0.4) is 0 Å². The molecule has 7 nitrogen and oxygen atoms in total. The second-order valence-electron chi connectivity index (χ2n) is 5.72. The summed E-state index contributed by atoms with van der Waals surface area (Å²) < 4.78 is 16.9. The number of esters is 2. The van der Waals surface area contributed by atoms with Gasteiger partial charge in [-0.2, -0.15) is 0 Å². The number of hydrogen-bond acceptors (Lipinski definition) is 6. The zero-order valence-electron chi connectivity index (χ0n) is 16.1. The molecule has 0 spiro atoms. The molecule has 1 heterocycles. The molecule has 2 rings (SSSR count). The normalized spacial score (nSPS) is 10.4. The molecule has 0 saturated heterocycles. The molecule has 0 unspecified atom stereocenters. The summed E-state index contributed by atoms with van der Waals surface area (Å²) in [5, 5.41) is 0. The lowest BCUT2D eigenvalue weighted by Gasteiger charge is -2.20. The fraction of sp³-hybridized carbons (Fsp3) is 0.350. The molecule has 144 valence electrons. The lowest BCUT2D eigenvalue weighted by Crippen LogP contribution is -2.31. The topological polar surface area (TPSA) is 83.8 Å². The largest absolute Gasteiger partial charge is 0.497 e. The number of carbonyl (C=O) groups excluding carboxylic acids is 2. The minimum absolute atomic E-state index is 0.114. The van der Waals surface area contributed by atoms with Gasteiger partial charge in [0.15, 0.2) is 0 Å². The summed E-state index contributed by atoms with van der Waals surface area (Å²) in [6, 6.07) is 7.04. The Morgan fingerprint density at radius 2 is 1.33 bits per heavy atom. The molecule has 0 aliphatic heterocycles. The smallest absolute Gasteiger partial charge is 0.343 e. The number of pyridine rings is 1. The highest BCUT2D eigenvalue weighted by Gasteiger charge is 2.27. The van der Waals surface area contributed by atoms with Crippen molar-refractivity contribution in [2.75, 3.05) is 20.3 Å². The van der Waals surface area contributed by atoms with Gasteiger partial charge >= 0.3 is 11.9 Å². The molecule has 1 aromatic carbocycles. The highest BCUT2D eigenvalue weighted by atomic mass is 16.5. The molecule has 0 N–H and O–H groups in total. The number of rotatable bonds is 6. The molecule has 27 heavy (non-hydrogen) atoms. The van der Waals surface area contributed by atoms with Gasteiger partial charge in [-0.3, -0.25) is 4.79 Å². The second kappa shape index (κ2) is 8.53. The molecule has 2 aromatic rings. The minimum Gasteiger partial charge on any atom is -0.497 e. The third-order valence-corrected chi connectivity index (χ3v) is 4.14. The molecule has 0 aliphatic rings. The van der Waals surface area contributed by atoms with E-state index in [1.54, 1.807) is 63.6 Å². The van der Waals surface area contributed by atoms with Crippen molar-refractivity contribution in [3.8, 4) is 11.4 Å². The lowest BCUT2D eigenvalue weighted by atomic mass is 10.0. The number of ether oxygens (including phenoxy) is 3. The lowest BCUT2D eigenvalue weighted by molar-refractivity contribution is 0.0519. The first-order valence-corrected chi connectivity index (χ1v) is 8.62. The van der Waals surface area contributed by atoms with Crippen molar-refractivity contribution in [2.24, 2.45) is 0 Å². The molecular formula is C20H23NO6. The monoisotopic (exact) mass is 373 g/mol. The summed E-state index contributed by atoms with van der Waals surface area (Å²) in [6.45, 7) is 6.80. The molecule has 0 atom stereocenters. The summed E-state index contributed by atoms with van der Waals surface area (Å²) in [7, 11) is 1.56. The van der Waals surface area contributed by atoms with E-state index >= 15 is 0 Å². The van der Waals surface area contributed by atoms with Crippen LogP contribution in [0, 0.1) is 13.8 Å². The third kappa shape index (κ3) is 3.86. The fourth-order valence-corrected chi connectivity index (χ4v) is 2.93. The summed E-state index contributed by atoms with van der Waals surface area (Å²) in [5.74, 6) is -0.882. The number of aromatic nitrogens is 1. The number of hydrogen-bond donors (Lipinski definition) is 0. The van der Waals surface area contributed by atoms with E-state index in [9.17, 15) is 14.4 Å². The molecular weight excluding hydrogens is 350 g/mol. The predicted octanol–water partition coefficient (Wildman–Crippen LogP) is 2.82. The molecule has 0 radical (unpaired) electrons. The average molecular weight is 373 g/mol. The molecule has 0 fully saturated rings. The molecule has 0 aliphatic carbocycles. The van der Waals surface area contributed by atoms with Gasteiger partial charge in [-0.25, -0.2) is 9.59 Å². The maximum Gasteiger partial charge on any atom is 0.343 e. The summed E-state index contributed by atoms with van der Waals surface area (Å²) in [5.41, 5.74) is 0.388. The Labute approximate surface area is 157 Å². The Morgan fingerprint density at radius 1 is 0.889 bits per heavy atom. The number of benzene rings is 1. The average Bonchev–Trinajstić information content (AvgIpc) is 2.62. The third-order valence-electron chi connectivity index (χ3n) is 4.14. The van der Waals surface area contributed by atoms with Gasteiger partial charge in [0.1, 0.15) is 16.9 Å². The Hall–Kier alpha value is -3.09. The summed E-state index contributed by atoms with van der Waals surface area (Å²) >= 11 is 0. The van der Waals surface area contributed by atoms with Gasteiger partial charge in [-0.1, -0.05) is 0 Å². The van der Waals surface area contributed by atoms with E-state index < -0.39 is 17.4 Å². The Kier molecular flexibility index (Phi) is 6.39. The van der Waals surface area contributed by atoms with Crippen molar-refractivity contribution in [3.05, 3.63) is 57.0 Å². The van der Waals surface area contributed by atoms with Crippen LogP contribution in [0.15, 0.2) is 29.1 Å². The fourth-order valence-electron chi connectivity index (χ4n) is 2.93. The van der Waals surface area contributed by atoms with Crippen LogP contribution < -0.4 is 10.2 Å². The maximum absolute atomic E-state index is 12.9. The molecule has 1 aromatic heterocycles. The van der Waals surface area contributed by atoms with Crippen LogP contribution in [0.25, 0.3) is 5.69 Å². The summed E-state index contributed by atoms with van der Waals surface area (Å²) in [6.07, 6.45) is 0. The van der Waals surface area contributed by atoms with Gasteiger partial charge in [-0.15, -0.1) is 0 Å². The van der Waals surface area contributed by atoms with Crippen LogP contribution in [0.4, 0.5) is 0 Å². The molecule has 0 saturated carbocycles. The van der Waals surface area contributed by atoms with Crippen molar-refractivity contribution < 1.29 is 23.8 Å². The van der Waals surface area contributed by atoms with E-state index in [1.165, 1.54) is 0 Å². The number of nitrogens with zero attached hydrogens (tertiary/aromatic N) is 1. The van der Waals surface area contributed by atoms with Gasteiger partial charge < -0.3 is 18.8 Å². The van der Waals surface area contributed by atoms with Gasteiger partial charge in [0.05, 0.1) is 20.3 Å². The first-order valence-electron chi connectivity index (χ1n) is 8.62.